The molecule has 4 amide bonds. The molecule has 7 nitrogen and oxygen atoms in total. The Kier molecular flexibility index (Phi) is 4.82. The number of nitrogens with one attached hydrogen (secondary N) is 1. The number of likely N-dealkylation sites (N-methyl/N-ethyl adjacent to an activating group) is 1. The fourth-order valence-corrected chi connectivity index (χ4v) is 6.44. The van der Waals surface area contributed by atoms with Crippen molar-refractivity contribution in [1.82, 2.24) is 20.1 Å². The Labute approximate surface area is 187 Å². The van der Waals surface area contributed by atoms with Crippen LogP contribution in [0.2, 0.25) is 0 Å². The van der Waals surface area contributed by atoms with Gasteiger partial charge in [0, 0.05) is 17.5 Å². The lowest BCUT2D eigenvalue weighted by molar-refractivity contribution is -0.139. The first-order valence-electron chi connectivity index (χ1n) is 10.2. The first-order chi connectivity index (χ1) is 14.9. The van der Waals surface area contributed by atoms with E-state index in [0.29, 0.717) is 6.42 Å². The molecule has 31 heavy (non-hydrogen) atoms. The number of urea groups is 1. The van der Waals surface area contributed by atoms with Crippen LogP contribution in [-0.4, -0.2) is 46.2 Å². The molecule has 1 saturated heterocycles. The summed E-state index contributed by atoms with van der Waals surface area (Å²) in [6.07, 6.45) is 2.30. The summed E-state index contributed by atoms with van der Waals surface area (Å²) in [6.45, 7) is 1.62. The SMILES string of the molecule is C[C@H](c1nc2ccccc2s1)N(C)C(=O)CN1C(=O)N[C@]2(CCCc3sccc32)C1=O. The van der Waals surface area contributed by atoms with Crippen molar-refractivity contribution in [3.05, 3.63) is 51.2 Å². The number of rotatable bonds is 4. The third-order valence-corrected chi connectivity index (χ3v) is 8.46. The number of hydrogen-bond acceptors (Lipinski definition) is 6. The van der Waals surface area contributed by atoms with Gasteiger partial charge in [0.05, 0.1) is 16.3 Å². The number of fused-ring (bicyclic) bond motifs is 3. The molecule has 9 heteroatoms. The topological polar surface area (TPSA) is 82.6 Å². The van der Waals surface area contributed by atoms with Crippen LogP contribution >= 0.6 is 22.7 Å². The summed E-state index contributed by atoms with van der Waals surface area (Å²) in [7, 11) is 1.69. The van der Waals surface area contributed by atoms with Gasteiger partial charge in [-0.2, -0.15) is 0 Å². The first-order valence-corrected chi connectivity index (χ1v) is 11.9. The molecule has 1 aliphatic heterocycles. The van der Waals surface area contributed by atoms with Gasteiger partial charge in [-0.1, -0.05) is 12.1 Å². The molecule has 1 aliphatic carbocycles. The number of carbonyl (C=O) groups excluding carboxylic acids is 3. The van der Waals surface area contributed by atoms with Crippen LogP contribution in [0.3, 0.4) is 0 Å². The fraction of sp³-hybridized carbons (Fsp3) is 0.364. The zero-order chi connectivity index (χ0) is 21.8. The molecule has 2 aliphatic rings. The number of imide groups is 1. The summed E-state index contributed by atoms with van der Waals surface area (Å²) in [5.41, 5.74) is 0.755. The Bertz CT molecular complexity index is 1170. The number of carbonyl (C=O) groups is 3. The maximum Gasteiger partial charge on any atom is 0.325 e. The monoisotopic (exact) mass is 454 g/mol. The van der Waals surface area contributed by atoms with Crippen molar-refractivity contribution < 1.29 is 14.4 Å². The van der Waals surface area contributed by atoms with Gasteiger partial charge in [0.15, 0.2) is 0 Å². The normalized spacial score (nSPS) is 21.4. The Morgan fingerprint density at radius 1 is 1.32 bits per heavy atom. The lowest BCUT2D eigenvalue weighted by Gasteiger charge is -2.31. The summed E-state index contributed by atoms with van der Waals surface area (Å²) in [6, 6.07) is 8.99. The zero-order valence-corrected chi connectivity index (χ0v) is 18.9. The summed E-state index contributed by atoms with van der Waals surface area (Å²) in [5, 5.41) is 5.67. The van der Waals surface area contributed by atoms with Crippen molar-refractivity contribution in [3.63, 3.8) is 0 Å². The molecule has 1 spiro atoms. The number of para-hydroxylation sites is 1. The zero-order valence-electron chi connectivity index (χ0n) is 17.3. The van der Waals surface area contributed by atoms with E-state index >= 15 is 0 Å². The highest BCUT2D eigenvalue weighted by Crippen LogP contribution is 2.42. The van der Waals surface area contributed by atoms with Crippen LogP contribution in [0.15, 0.2) is 35.7 Å². The molecule has 0 saturated carbocycles. The Hall–Kier alpha value is -2.78. The molecule has 2 atom stereocenters. The summed E-state index contributed by atoms with van der Waals surface area (Å²) in [4.78, 5) is 47.5. The van der Waals surface area contributed by atoms with Crippen LogP contribution in [-0.2, 0) is 21.5 Å². The number of aromatic nitrogens is 1. The fourth-order valence-electron chi connectivity index (χ4n) is 4.38. The summed E-state index contributed by atoms with van der Waals surface area (Å²) in [5.74, 6) is -0.625. The molecule has 1 fully saturated rings. The molecule has 1 N–H and O–H groups in total. The maximum atomic E-state index is 13.3. The summed E-state index contributed by atoms with van der Waals surface area (Å²) < 4.78 is 1.06. The van der Waals surface area contributed by atoms with Gasteiger partial charge in [-0.25, -0.2) is 9.78 Å². The van der Waals surface area contributed by atoms with Crippen molar-refractivity contribution in [2.75, 3.05) is 13.6 Å². The van der Waals surface area contributed by atoms with Gasteiger partial charge in [0.1, 0.15) is 17.1 Å². The Morgan fingerprint density at radius 2 is 2.13 bits per heavy atom. The standard InChI is InChI=1S/C22H22N4O3S2/c1-13(19-23-15-6-3-4-7-17(15)31-19)25(2)18(27)12-26-20(28)22(24-21(26)29)10-5-8-16-14(22)9-11-30-16/h3-4,6-7,9,11,13H,5,8,10,12H2,1-2H3,(H,24,29)/t13-,22+/m1/s1. The van der Waals surface area contributed by atoms with Crippen molar-refractivity contribution in [3.8, 4) is 0 Å². The van der Waals surface area contributed by atoms with E-state index in [9.17, 15) is 14.4 Å². The average Bonchev–Trinajstić information content (AvgIpc) is 3.47. The quantitative estimate of drug-likeness (QED) is 0.610. The molecule has 0 unspecified atom stereocenters. The smallest absolute Gasteiger partial charge is 0.325 e. The molecule has 2 aromatic heterocycles. The second-order valence-electron chi connectivity index (χ2n) is 8.04. The summed E-state index contributed by atoms with van der Waals surface area (Å²) >= 11 is 3.15. The van der Waals surface area contributed by atoms with E-state index in [0.717, 1.165) is 43.4 Å². The highest BCUT2D eigenvalue weighted by atomic mass is 32.1. The van der Waals surface area contributed by atoms with E-state index < -0.39 is 11.6 Å². The van der Waals surface area contributed by atoms with Crippen LogP contribution in [0.5, 0.6) is 0 Å². The highest BCUT2D eigenvalue weighted by molar-refractivity contribution is 7.18. The number of benzene rings is 1. The predicted octanol–water partition coefficient (Wildman–Crippen LogP) is 3.66. The van der Waals surface area contributed by atoms with E-state index in [4.69, 9.17) is 0 Å². The highest BCUT2D eigenvalue weighted by Gasteiger charge is 2.54. The third kappa shape index (κ3) is 3.14. The van der Waals surface area contributed by atoms with E-state index in [1.54, 1.807) is 34.6 Å². The largest absolute Gasteiger partial charge is 0.335 e. The van der Waals surface area contributed by atoms with Gasteiger partial charge in [0.2, 0.25) is 5.91 Å². The molecule has 3 aromatic rings. The minimum Gasteiger partial charge on any atom is -0.335 e. The number of nitrogens with zero attached hydrogens (tertiary/aromatic N) is 3. The second-order valence-corrected chi connectivity index (χ2v) is 10.1. The number of aryl methyl sites for hydroxylation is 1. The molecule has 3 heterocycles. The third-order valence-electron chi connectivity index (χ3n) is 6.27. The molecule has 160 valence electrons. The molecule has 5 rings (SSSR count). The molecule has 0 radical (unpaired) electrons. The van der Waals surface area contributed by atoms with Gasteiger partial charge in [-0.15, -0.1) is 22.7 Å². The van der Waals surface area contributed by atoms with Crippen molar-refractivity contribution in [1.29, 1.82) is 0 Å². The van der Waals surface area contributed by atoms with Crippen LogP contribution < -0.4 is 5.32 Å². The lowest BCUT2D eigenvalue weighted by Crippen LogP contribution is -2.47. The number of thiophene rings is 1. The second kappa shape index (κ2) is 7.42. The first kappa shape index (κ1) is 20.1. The maximum absolute atomic E-state index is 13.3. The van der Waals surface area contributed by atoms with Crippen molar-refractivity contribution in [2.24, 2.45) is 0 Å². The van der Waals surface area contributed by atoms with E-state index in [-0.39, 0.29) is 24.4 Å². The number of amides is 4. The van der Waals surface area contributed by atoms with E-state index in [1.807, 2.05) is 42.6 Å². The molecular formula is C22H22N4O3S2. The lowest BCUT2D eigenvalue weighted by atomic mass is 9.80. The van der Waals surface area contributed by atoms with Crippen LogP contribution in [0.4, 0.5) is 4.79 Å². The molecule has 0 bridgehead atoms. The predicted molar refractivity (Wildman–Crippen MR) is 120 cm³/mol. The Balaban J connectivity index is 1.34. The van der Waals surface area contributed by atoms with Crippen molar-refractivity contribution in [2.45, 2.75) is 37.8 Å². The van der Waals surface area contributed by atoms with Crippen LogP contribution in [0, 0.1) is 0 Å². The van der Waals surface area contributed by atoms with Crippen molar-refractivity contribution >= 4 is 50.7 Å². The van der Waals surface area contributed by atoms with E-state index in [2.05, 4.69) is 10.3 Å². The van der Waals surface area contributed by atoms with E-state index in [1.165, 1.54) is 0 Å². The van der Waals surface area contributed by atoms with Gasteiger partial charge < -0.3 is 10.2 Å². The van der Waals surface area contributed by atoms with Gasteiger partial charge in [-0.3, -0.25) is 14.5 Å². The van der Waals surface area contributed by atoms with Crippen LogP contribution in [0.1, 0.15) is 41.3 Å². The van der Waals surface area contributed by atoms with Gasteiger partial charge in [-0.05, 0) is 49.8 Å². The van der Waals surface area contributed by atoms with Gasteiger partial charge >= 0.3 is 6.03 Å². The molecular weight excluding hydrogens is 432 g/mol. The Morgan fingerprint density at radius 3 is 2.94 bits per heavy atom. The minimum absolute atomic E-state index is 0.266. The number of hydrogen-bond donors (Lipinski definition) is 1. The average molecular weight is 455 g/mol. The molecule has 1 aromatic carbocycles. The minimum atomic E-state index is -1.03. The number of thiazole rings is 1. The van der Waals surface area contributed by atoms with Crippen LogP contribution in [0.25, 0.3) is 10.2 Å². The van der Waals surface area contributed by atoms with Gasteiger partial charge in [0.25, 0.3) is 5.91 Å².